The molecule has 90 valence electrons. The summed E-state index contributed by atoms with van der Waals surface area (Å²) in [4.78, 5) is 0. The molecule has 0 heterocycles. The van der Waals surface area contributed by atoms with Gasteiger partial charge in [0.05, 0.1) is 6.07 Å². The lowest BCUT2D eigenvalue weighted by Gasteiger charge is -2.07. The Morgan fingerprint density at radius 1 is 1.00 bits per heavy atom. The van der Waals surface area contributed by atoms with Crippen LogP contribution in [0, 0.1) is 11.3 Å². The van der Waals surface area contributed by atoms with Gasteiger partial charge in [0, 0.05) is 5.69 Å². The van der Waals surface area contributed by atoms with E-state index in [-0.39, 0.29) is 0 Å². The van der Waals surface area contributed by atoms with E-state index in [0.29, 0.717) is 13.2 Å². The summed E-state index contributed by atoms with van der Waals surface area (Å²) in [5, 5.41) is 11.4. The van der Waals surface area contributed by atoms with Crippen molar-refractivity contribution in [3.05, 3.63) is 60.2 Å². The van der Waals surface area contributed by atoms with Crippen LogP contribution in [0.25, 0.3) is 0 Å². The van der Waals surface area contributed by atoms with E-state index in [1.807, 2.05) is 60.7 Å². The van der Waals surface area contributed by atoms with Gasteiger partial charge in [0.1, 0.15) is 18.9 Å². The highest BCUT2D eigenvalue weighted by atomic mass is 16.5. The molecule has 0 aliphatic rings. The van der Waals surface area contributed by atoms with E-state index >= 15 is 0 Å². The number of anilines is 1. The summed E-state index contributed by atoms with van der Waals surface area (Å²) in [5.74, 6) is 0.821. The predicted molar refractivity (Wildman–Crippen MR) is 71.3 cm³/mol. The van der Waals surface area contributed by atoms with Crippen molar-refractivity contribution < 1.29 is 4.74 Å². The highest BCUT2D eigenvalue weighted by Gasteiger charge is 1.96. The molecule has 0 bridgehead atoms. The van der Waals surface area contributed by atoms with Crippen LogP contribution in [-0.2, 0) is 6.61 Å². The second kappa shape index (κ2) is 6.31. The predicted octanol–water partition coefficient (Wildman–Crippen LogP) is 3.20. The number of nitriles is 1. The maximum Gasteiger partial charge on any atom is 0.119 e. The minimum Gasteiger partial charge on any atom is -0.489 e. The van der Waals surface area contributed by atoms with Crippen molar-refractivity contribution in [1.82, 2.24) is 0 Å². The summed E-state index contributed by atoms with van der Waals surface area (Å²) in [7, 11) is 0. The number of nitrogens with one attached hydrogen (secondary N) is 1. The van der Waals surface area contributed by atoms with Crippen LogP contribution >= 0.6 is 0 Å². The first-order chi connectivity index (χ1) is 8.88. The molecule has 0 radical (unpaired) electrons. The number of rotatable bonds is 5. The fourth-order valence-corrected chi connectivity index (χ4v) is 1.55. The van der Waals surface area contributed by atoms with Gasteiger partial charge in [-0.25, -0.2) is 0 Å². The zero-order valence-corrected chi connectivity index (χ0v) is 9.97. The van der Waals surface area contributed by atoms with E-state index < -0.39 is 0 Å². The lowest BCUT2D eigenvalue weighted by atomic mass is 10.2. The Morgan fingerprint density at radius 2 is 1.72 bits per heavy atom. The number of nitrogens with zero attached hydrogens (tertiary/aromatic N) is 1. The molecule has 0 atom stereocenters. The third kappa shape index (κ3) is 3.53. The molecule has 0 saturated heterocycles. The van der Waals surface area contributed by atoms with Gasteiger partial charge in [-0.3, -0.25) is 0 Å². The summed E-state index contributed by atoms with van der Waals surface area (Å²) in [6, 6.07) is 19.7. The smallest absolute Gasteiger partial charge is 0.119 e. The molecule has 2 rings (SSSR count). The largest absolute Gasteiger partial charge is 0.489 e. The fourth-order valence-electron chi connectivity index (χ4n) is 1.55. The van der Waals surface area contributed by atoms with Crippen molar-refractivity contribution in [2.24, 2.45) is 0 Å². The lowest BCUT2D eigenvalue weighted by Crippen LogP contribution is -1.98. The fraction of sp³-hybridized carbons (Fsp3) is 0.133. The van der Waals surface area contributed by atoms with Gasteiger partial charge in [0.15, 0.2) is 0 Å². The SMILES string of the molecule is N#CCNc1ccc(OCc2ccccc2)cc1. The second-order valence-corrected chi connectivity index (χ2v) is 3.81. The van der Waals surface area contributed by atoms with E-state index in [1.54, 1.807) is 0 Å². The first kappa shape index (κ1) is 12.0. The molecule has 0 aliphatic heterocycles. The summed E-state index contributed by atoms with van der Waals surface area (Å²) in [6.45, 7) is 0.871. The molecule has 0 saturated carbocycles. The summed E-state index contributed by atoms with van der Waals surface area (Å²) in [5.41, 5.74) is 2.06. The quantitative estimate of drug-likeness (QED) is 0.813. The summed E-state index contributed by atoms with van der Waals surface area (Å²) >= 11 is 0. The van der Waals surface area contributed by atoms with Crippen LogP contribution in [0.3, 0.4) is 0 Å². The van der Waals surface area contributed by atoms with Gasteiger partial charge in [-0.1, -0.05) is 30.3 Å². The summed E-state index contributed by atoms with van der Waals surface area (Å²) in [6.07, 6.45) is 0. The van der Waals surface area contributed by atoms with E-state index in [0.717, 1.165) is 17.0 Å². The van der Waals surface area contributed by atoms with Crippen molar-refractivity contribution in [2.75, 3.05) is 11.9 Å². The number of ether oxygens (including phenoxy) is 1. The van der Waals surface area contributed by atoms with Crippen molar-refractivity contribution >= 4 is 5.69 Å². The molecule has 18 heavy (non-hydrogen) atoms. The first-order valence-corrected chi connectivity index (χ1v) is 5.76. The van der Waals surface area contributed by atoms with Gasteiger partial charge in [0.2, 0.25) is 0 Å². The standard InChI is InChI=1S/C15H14N2O/c16-10-11-17-14-6-8-15(9-7-14)18-12-13-4-2-1-3-5-13/h1-9,17H,11-12H2. The molecule has 0 unspecified atom stereocenters. The maximum absolute atomic E-state index is 8.46. The third-order valence-corrected chi connectivity index (χ3v) is 2.47. The minimum absolute atomic E-state index is 0.310. The molecule has 2 aromatic rings. The van der Waals surface area contributed by atoms with Crippen LogP contribution in [0.2, 0.25) is 0 Å². The van der Waals surface area contributed by atoms with Crippen molar-refractivity contribution in [1.29, 1.82) is 5.26 Å². The average molecular weight is 238 g/mol. The molecular weight excluding hydrogens is 224 g/mol. The molecule has 0 aliphatic carbocycles. The molecule has 2 aromatic carbocycles. The van der Waals surface area contributed by atoms with E-state index in [1.165, 1.54) is 0 Å². The van der Waals surface area contributed by atoms with Crippen molar-refractivity contribution in [3.8, 4) is 11.8 Å². The van der Waals surface area contributed by atoms with Gasteiger partial charge in [-0.05, 0) is 29.8 Å². The number of hydrogen-bond donors (Lipinski definition) is 1. The van der Waals surface area contributed by atoms with Crippen LogP contribution < -0.4 is 10.1 Å². The topological polar surface area (TPSA) is 45.0 Å². The van der Waals surface area contributed by atoms with E-state index in [9.17, 15) is 0 Å². The van der Waals surface area contributed by atoms with Crippen LogP contribution in [-0.4, -0.2) is 6.54 Å². The second-order valence-electron chi connectivity index (χ2n) is 3.81. The molecule has 0 spiro atoms. The first-order valence-electron chi connectivity index (χ1n) is 5.76. The molecule has 3 heteroatoms. The zero-order valence-electron chi connectivity index (χ0n) is 9.97. The van der Waals surface area contributed by atoms with Crippen LogP contribution in [0.15, 0.2) is 54.6 Å². The Kier molecular flexibility index (Phi) is 4.21. The Balaban J connectivity index is 1.89. The molecule has 0 aromatic heterocycles. The van der Waals surface area contributed by atoms with Gasteiger partial charge >= 0.3 is 0 Å². The van der Waals surface area contributed by atoms with Crippen LogP contribution in [0.1, 0.15) is 5.56 Å². The molecule has 0 amide bonds. The van der Waals surface area contributed by atoms with Gasteiger partial charge in [-0.15, -0.1) is 0 Å². The number of hydrogen-bond acceptors (Lipinski definition) is 3. The highest BCUT2D eigenvalue weighted by Crippen LogP contribution is 2.16. The normalized spacial score (nSPS) is 9.50. The molecule has 1 N–H and O–H groups in total. The Morgan fingerprint density at radius 3 is 2.39 bits per heavy atom. The van der Waals surface area contributed by atoms with Gasteiger partial charge in [0.25, 0.3) is 0 Å². The highest BCUT2D eigenvalue weighted by molar-refractivity contribution is 5.46. The van der Waals surface area contributed by atoms with Crippen molar-refractivity contribution in [3.63, 3.8) is 0 Å². The Bertz CT molecular complexity index is 514. The lowest BCUT2D eigenvalue weighted by molar-refractivity contribution is 0.306. The molecular formula is C15H14N2O. The minimum atomic E-state index is 0.310. The van der Waals surface area contributed by atoms with Gasteiger partial charge < -0.3 is 10.1 Å². The third-order valence-electron chi connectivity index (χ3n) is 2.47. The average Bonchev–Trinajstić information content (AvgIpc) is 2.45. The van der Waals surface area contributed by atoms with Crippen LogP contribution in [0.5, 0.6) is 5.75 Å². The summed E-state index contributed by atoms with van der Waals surface area (Å²) < 4.78 is 5.66. The molecule has 0 fully saturated rings. The Labute approximate surface area is 107 Å². The number of benzene rings is 2. The monoisotopic (exact) mass is 238 g/mol. The van der Waals surface area contributed by atoms with Crippen LogP contribution in [0.4, 0.5) is 5.69 Å². The zero-order chi connectivity index (χ0) is 12.6. The van der Waals surface area contributed by atoms with Gasteiger partial charge in [-0.2, -0.15) is 5.26 Å². The maximum atomic E-state index is 8.46. The van der Waals surface area contributed by atoms with Crippen molar-refractivity contribution in [2.45, 2.75) is 6.61 Å². The Hall–Kier alpha value is -2.47. The molecule has 3 nitrogen and oxygen atoms in total. The van der Waals surface area contributed by atoms with E-state index in [4.69, 9.17) is 10.00 Å². The van der Waals surface area contributed by atoms with E-state index in [2.05, 4.69) is 5.32 Å².